The Morgan fingerprint density at radius 1 is 0.886 bits per heavy atom. The molecule has 196 valence electrons. The Morgan fingerprint density at radius 2 is 1.40 bits per heavy atom. The van der Waals surface area contributed by atoms with E-state index in [0.29, 0.717) is 31.9 Å². The van der Waals surface area contributed by atoms with Crippen LogP contribution in [-0.2, 0) is 37.3 Å². The summed E-state index contributed by atoms with van der Waals surface area (Å²) in [6, 6.07) is 14.5. The molecule has 2 N–H and O–H groups in total. The molecule has 5 nitrogen and oxygen atoms in total. The SMILES string of the molecule is CCOP(=O)(OCC)C(Cc1cc(C(C)(C)C)c(O)c(C(C)(C)C)c1)NCCCc1ccccc1. The van der Waals surface area contributed by atoms with Crippen molar-refractivity contribution < 1.29 is 18.7 Å². The lowest BCUT2D eigenvalue weighted by molar-refractivity contribution is 0.207. The molecule has 2 rings (SSSR count). The van der Waals surface area contributed by atoms with Gasteiger partial charge in [-0.25, -0.2) is 0 Å². The third-order valence-electron chi connectivity index (χ3n) is 6.08. The number of aromatic hydroxyl groups is 1. The highest BCUT2D eigenvalue weighted by molar-refractivity contribution is 7.54. The summed E-state index contributed by atoms with van der Waals surface area (Å²) in [5, 5.41) is 14.6. The molecule has 1 atom stereocenters. The van der Waals surface area contributed by atoms with E-state index in [1.165, 1.54) is 5.56 Å². The molecule has 6 heteroatoms. The van der Waals surface area contributed by atoms with Gasteiger partial charge in [0, 0.05) is 0 Å². The van der Waals surface area contributed by atoms with Gasteiger partial charge >= 0.3 is 7.60 Å². The van der Waals surface area contributed by atoms with Gasteiger partial charge in [-0.1, -0.05) is 84.0 Å². The second-order valence-electron chi connectivity index (χ2n) is 11.2. The fraction of sp³-hybridized carbons (Fsp3) is 0.586. The van der Waals surface area contributed by atoms with E-state index in [1.807, 2.05) is 44.2 Å². The van der Waals surface area contributed by atoms with Crippen LogP contribution in [0, 0.1) is 0 Å². The van der Waals surface area contributed by atoms with Crippen molar-refractivity contribution in [3.63, 3.8) is 0 Å². The molecule has 0 spiro atoms. The minimum Gasteiger partial charge on any atom is -0.507 e. The molecule has 0 aromatic heterocycles. The Bertz CT molecular complexity index is 931. The second-order valence-corrected chi connectivity index (χ2v) is 13.4. The number of aryl methyl sites for hydroxylation is 1. The zero-order chi connectivity index (χ0) is 26.3. The lowest BCUT2D eigenvalue weighted by atomic mass is 9.78. The standard InChI is InChI=1S/C29H46NO4P/c1-9-33-35(32,34-10-2)26(30-18-14-17-22-15-12-11-13-16-22)21-23-19-24(28(3,4)5)27(31)25(20-23)29(6,7)8/h11-13,15-16,19-20,26,30-31H,9-10,14,17-18,21H2,1-8H3. The van der Waals surface area contributed by atoms with Crippen LogP contribution in [0.2, 0.25) is 0 Å². The van der Waals surface area contributed by atoms with E-state index < -0.39 is 13.4 Å². The van der Waals surface area contributed by atoms with Crippen LogP contribution in [0.25, 0.3) is 0 Å². The van der Waals surface area contributed by atoms with Gasteiger partial charge in [-0.3, -0.25) is 4.57 Å². The smallest absolute Gasteiger partial charge is 0.347 e. The summed E-state index contributed by atoms with van der Waals surface area (Å²) in [7, 11) is -3.40. The number of benzene rings is 2. The van der Waals surface area contributed by atoms with Gasteiger partial charge in [0.15, 0.2) is 0 Å². The highest BCUT2D eigenvalue weighted by Crippen LogP contribution is 2.53. The summed E-state index contributed by atoms with van der Waals surface area (Å²) >= 11 is 0. The lowest BCUT2D eigenvalue weighted by Gasteiger charge is -2.30. The minimum atomic E-state index is -3.40. The van der Waals surface area contributed by atoms with Gasteiger partial charge in [0.2, 0.25) is 0 Å². The van der Waals surface area contributed by atoms with Gasteiger partial charge in [0.05, 0.1) is 13.2 Å². The maximum absolute atomic E-state index is 13.9. The van der Waals surface area contributed by atoms with Crippen LogP contribution in [0.5, 0.6) is 5.75 Å². The van der Waals surface area contributed by atoms with Crippen molar-refractivity contribution in [1.82, 2.24) is 5.32 Å². The average Bonchev–Trinajstić information content (AvgIpc) is 2.76. The number of nitrogens with one attached hydrogen (secondary N) is 1. The fourth-order valence-electron chi connectivity index (χ4n) is 4.26. The van der Waals surface area contributed by atoms with E-state index in [4.69, 9.17) is 9.05 Å². The third kappa shape index (κ3) is 8.46. The molecule has 35 heavy (non-hydrogen) atoms. The van der Waals surface area contributed by atoms with Crippen LogP contribution in [0.1, 0.15) is 84.1 Å². The third-order valence-corrected chi connectivity index (χ3v) is 8.44. The Balaban J connectivity index is 2.38. The molecule has 2 aromatic carbocycles. The lowest BCUT2D eigenvalue weighted by Crippen LogP contribution is -2.34. The zero-order valence-corrected chi connectivity index (χ0v) is 23.9. The van der Waals surface area contributed by atoms with Gasteiger partial charge < -0.3 is 19.5 Å². The van der Waals surface area contributed by atoms with Crippen molar-refractivity contribution >= 4 is 7.60 Å². The highest BCUT2D eigenvalue weighted by atomic mass is 31.2. The average molecular weight is 504 g/mol. The van der Waals surface area contributed by atoms with E-state index in [1.54, 1.807) is 0 Å². The van der Waals surface area contributed by atoms with Crippen molar-refractivity contribution in [2.24, 2.45) is 0 Å². The number of hydrogen-bond acceptors (Lipinski definition) is 5. The first kappa shape index (κ1) is 29.6. The predicted molar refractivity (Wildman–Crippen MR) is 147 cm³/mol. The number of phenolic OH excluding ortho intramolecular Hbond substituents is 1. The van der Waals surface area contributed by atoms with Gasteiger partial charge in [-0.05, 0) is 72.7 Å². The summed E-state index contributed by atoms with van der Waals surface area (Å²) in [4.78, 5) is 0. The van der Waals surface area contributed by atoms with E-state index in [-0.39, 0.29) is 10.8 Å². The fourth-order valence-corrected chi connectivity index (χ4v) is 6.20. The molecule has 0 fully saturated rings. The Morgan fingerprint density at radius 3 is 1.86 bits per heavy atom. The largest absolute Gasteiger partial charge is 0.507 e. The first-order valence-electron chi connectivity index (χ1n) is 12.8. The van der Waals surface area contributed by atoms with Crippen LogP contribution in [0.3, 0.4) is 0 Å². The first-order chi connectivity index (χ1) is 16.3. The summed E-state index contributed by atoms with van der Waals surface area (Å²) in [5.41, 5.74) is 3.62. The molecule has 2 aromatic rings. The van der Waals surface area contributed by atoms with Gasteiger partial charge in [0.25, 0.3) is 0 Å². The Labute approximate surface area is 213 Å². The van der Waals surface area contributed by atoms with Crippen LogP contribution in [0.4, 0.5) is 0 Å². The van der Waals surface area contributed by atoms with Gasteiger partial charge in [0.1, 0.15) is 11.5 Å². The maximum atomic E-state index is 13.9. The van der Waals surface area contributed by atoms with Crippen LogP contribution in [0.15, 0.2) is 42.5 Å². The maximum Gasteiger partial charge on any atom is 0.347 e. The topological polar surface area (TPSA) is 67.8 Å². The van der Waals surface area contributed by atoms with Gasteiger partial charge in [-0.15, -0.1) is 0 Å². The monoisotopic (exact) mass is 503 g/mol. The summed E-state index contributed by atoms with van der Waals surface area (Å²) < 4.78 is 25.4. The van der Waals surface area contributed by atoms with E-state index in [2.05, 4.69) is 59.0 Å². The number of phenols is 1. The van der Waals surface area contributed by atoms with Crippen LogP contribution in [-0.4, -0.2) is 30.6 Å². The van der Waals surface area contributed by atoms with Crippen molar-refractivity contribution in [3.8, 4) is 5.75 Å². The van der Waals surface area contributed by atoms with E-state index in [9.17, 15) is 9.67 Å². The normalized spacial score (nSPS) is 13.7. The molecule has 0 amide bonds. The molecule has 0 radical (unpaired) electrons. The molecule has 0 heterocycles. The molecular formula is C29H46NO4P. The van der Waals surface area contributed by atoms with E-state index >= 15 is 0 Å². The van der Waals surface area contributed by atoms with Crippen molar-refractivity contribution in [2.75, 3.05) is 19.8 Å². The summed E-state index contributed by atoms with van der Waals surface area (Å²) in [6.07, 6.45) is 2.33. The molecule has 0 saturated heterocycles. The zero-order valence-electron chi connectivity index (χ0n) is 23.0. The van der Waals surface area contributed by atoms with Crippen molar-refractivity contribution in [2.45, 2.75) is 91.3 Å². The predicted octanol–water partition coefficient (Wildman–Crippen LogP) is 7.34. The molecule has 0 saturated carbocycles. The first-order valence-corrected chi connectivity index (χ1v) is 14.5. The quantitative estimate of drug-likeness (QED) is 0.234. The molecule has 0 bridgehead atoms. The highest BCUT2D eigenvalue weighted by Gasteiger charge is 2.36. The Kier molecular flexibility index (Phi) is 10.6. The van der Waals surface area contributed by atoms with Crippen molar-refractivity contribution in [1.29, 1.82) is 0 Å². The molecule has 0 aliphatic heterocycles. The van der Waals surface area contributed by atoms with Crippen LogP contribution >= 0.6 is 7.60 Å². The molecule has 1 unspecified atom stereocenters. The minimum absolute atomic E-state index is 0.234. The number of rotatable bonds is 12. The second kappa shape index (κ2) is 12.5. The van der Waals surface area contributed by atoms with Crippen LogP contribution < -0.4 is 5.32 Å². The van der Waals surface area contributed by atoms with Gasteiger partial charge in [-0.2, -0.15) is 0 Å². The number of hydrogen-bond donors (Lipinski definition) is 2. The molecule has 0 aliphatic carbocycles. The molecular weight excluding hydrogens is 457 g/mol. The van der Waals surface area contributed by atoms with E-state index in [0.717, 1.165) is 29.5 Å². The summed E-state index contributed by atoms with van der Waals surface area (Å²) in [5.74, 6) is -0.137. The molecule has 0 aliphatic rings. The van der Waals surface area contributed by atoms with Crippen molar-refractivity contribution in [3.05, 3.63) is 64.7 Å². The summed E-state index contributed by atoms with van der Waals surface area (Å²) in [6.45, 7) is 17.6. The Hall–Kier alpha value is -1.65.